The average Bonchev–Trinajstić information content (AvgIpc) is 2.98. The van der Waals surface area contributed by atoms with Gasteiger partial charge in [-0.1, -0.05) is 0 Å². The maximum atomic E-state index is 12.1. The molecule has 0 aliphatic carbocycles. The predicted octanol–water partition coefficient (Wildman–Crippen LogP) is 1.55. The molecule has 1 rings (SSSR count). The van der Waals surface area contributed by atoms with Crippen LogP contribution in [0, 0.1) is 0 Å². The van der Waals surface area contributed by atoms with Crippen molar-refractivity contribution < 1.29 is 24.3 Å². The van der Waals surface area contributed by atoms with E-state index in [1.165, 1.54) is 0 Å². The van der Waals surface area contributed by atoms with Gasteiger partial charge in [-0.25, -0.2) is 15.7 Å². The fraction of sp³-hybridized carbons (Fsp3) is 0.750. The third-order valence-electron chi connectivity index (χ3n) is 3.55. The maximum Gasteiger partial charge on any atom is 0.410 e. The lowest BCUT2D eigenvalue weighted by Crippen LogP contribution is -2.40. The normalized spacial score (nSPS) is 17.6. The van der Waals surface area contributed by atoms with E-state index < -0.39 is 11.5 Å². The molecule has 1 saturated heterocycles. The predicted molar refractivity (Wildman–Crippen MR) is 91.0 cm³/mol. The lowest BCUT2D eigenvalue weighted by molar-refractivity contribution is -0.129. The molecule has 3 N–H and O–H groups in total. The molecule has 0 bridgehead atoms. The van der Waals surface area contributed by atoms with Crippen LogP contribution in [0.4, 0.5) is 4.79 Å². The Labute approximate surface area is 147 Å². The summed E-state index contributed by atoms with van der Waals surface area (Å²) in [5.41, 5.74) is 3.41. The van der Waals surface area contributed by atoms with Gasteiger partial charge >= 0.3 is 6.09 Å². The number of likely N-dealkylation sites (tertiary alicyclic amines) is 1. The smallest absolute Gasteiger partial charge is 0.410 e. The number of hydroxylamine groups is 1. The first kappa shape index (κ1) is 20.9. The number of rotatable bonds is 7. The summed E-state index contributed by atoms with van der Waals surface area (Å²) in [4.78, 5) is 36.2. The Morgan fingerprint density at radius 3 is 2.48 bits per heavy atom. The Bertz CT molecular complexity index is 501. The third kappa shape index (κ3) is 8.48. The van der Waals surface area contributed by atoms with Crippen molar-refractivity contribution in [2.24, 2.45) is 5.10 Å². The van der Waals surface area contributed by atoms with Crippen LogP contribution < -0.4 is 10.9 Å². The molecule has 0 aromatic carbocycles. The molecule has 1 atom stereocenters. The number of hydrazone groups is 1. The van der Waals surface area contributed by atoms with Crippen LogP contribution in [-0.2, 0) is 14.3 Å². The van der Waals surface area contributed by atoms with Crippen LogP contribution in [0.3, 0.4) is 0 Å². The molecular weight excluding hydrogens is 328 g/mol. The molecule has 0 unspecified atom stereocenters. The molecule has 0 radical (unpaired) electrons. The van der Waals surface area contributed by atoms with Gasteiger partial charge in [0.2, 0.25) is 11.8 Å². The monoisotopic (exact) mass is 356 g/mol. The quantitative estimate of drug-likeness (QED) is 0.277. The lowest BCUT2D eigenvalue weighted by Gasteiger charge is -2.26. The van der Waals surface area contributed by atoms with Gasteiger partial charge in [0.05, 0.1) is 6.04 Å². The summed E-state index contributed by atoms with van der Waals surface area (Å²) in [6, 6.07) is -0.191. The molecule has 0 aromatic rings. The first-order valence-electron chi connectivity index (χ1n) is 8.47. The molecule has 1 aliphatic heterocycles. The molecule has 0 spiro atoms. The zero-order chi connectivity index (χ0) is 18.9. The van der Waals surface area contributed by atoms with E-state index in [4.69, 9.17) is 9.94 Å². The molecule has 9 heteroatoms. The van der Waals surface area contributed by atoms with E-state index in [1.54, 1.807) is 16.6 Å². The highest BCUT2D eigenvalue weighted by molar-refractivity contribution is 5.79. The molecule has 25 heavy (non-hydrogen) atoms. The van der Waals surface area contributed by atoms with Crippen LogP contribution >= 0.6 is 0 Å². The molecular formula is C16H28N4O5. The van der Waals surface area contributed by atoms with E-state index in [0.717, 1.165) is 12.8 Å². The summed E-state index contributed by atoms with van der Waals surface area (Å²) < 4.78 is 5.36. The highest BCUT2D eigenvalue weighted by Crippen LogP contribution is 2.19. The van der Waals surface area contributed by atoms with Crippen LogP contribution in [0.5, 0.6) is 0 Å². The standard InChI is InChI=1S/C16H28N4O5/c1-16(2,3)25-15(23)20-10-6-7-12(20)11-17-18-13(21)8-4-5-9-14(22)19-24/h11-12,24H,4-10H2,1-3H3,(H,18,21)(H,19,22)/b17-11+/t12-/m0/s1. The van der Waals surface area contributed by atoms with Crippen molar-refractivity contribution in [2.75, 3.05) is 6.54 Å². The highest BCUT2D eigenvalue weighted by atomic mass is 16.6. The second-order valence-electron chi connectivity index (χ2n) is 6.94. The van der Waals surface area contributed by atoms with E-state index in [-0.39, 0.29) is 30.9 Å². The number of carbonyl (C=O) groups excluding carboxylic acids is 3. The number of hydrogen-bond donors (Lipinski definition) is 3. The molecule has 0 aromatic heterocycles. The molecule has 1 heterocycles. The van der Waals surface area contributed by atoms with Crippen LogP contribution in [-0.4, -0.2) is 52.4 Å². The van der Waals surface area contributed by atoms with Gasteiger partial charge in [0.15, 0.2) is 0 Å². The van der Waals surface area contributed by atoms with Crippen LogP contribution in [0.1, 0.15) is 59.3 Å². The van der Waals surface area contributed by atoms with Crippen molar-refractivity contribution in [2.45, 2.75) is 70.9 Å². The fourth-order valence-electron chi connectivity index (χ4n) is 2.37. The molecule has 3 amide bonds. The Hall–Kier alpha value is -2.16. The van der Waals surface area contributed by atoms with E-state index in [1.807, 2.05) is 20.8 Å². The maximum absolute atomic E-state index is 12.1. The summed E-state index contributed by atoms with van der Waals surface area (Å²) in [5.74, 6) is -0.732. The molecule has 142 valence electrons. The van der Waals surface area contributed by atoms with Crippen LogP contribution in [0.15, 0.2) is 5.10 Å². The Kier molecular flexibility index (Phi) is 8.33. The van der Waals surface area contributed by atoms with E-state index in [9.17, 15) is 14.4 Å². The number of nitrogens with zero attached hydrogens (tertiary/aromatic N) is 2. The summed E-state index contributed by atoms with van der Waals surface area (Å²) in [6.07, 6.45) is 4.21. The van der Waals surface area contributed by atoms with Gasteiger partial charge in [-0.3, -0.25) is 14.8 Å². The molecule has 1 aliphatic rings. The topological polar surface area (TPSA) is 120 Å². The number of carbonyl (C=O) groups is 3. The zero-order valence-electron chi connectivity index (χ0n) is 15.1. The van der Waals surface area contributed by atoms with Crippen molar-refractivity contribution in [1.82, 2.24) is 15.8 Å². The SMILES string of the molecule is CC(C)(C)OC(=O)N1CCC[C@H]1/C=N/NC(=O)CCCCC(=O)NO. The van der Waals surface area contributed by atoms with Crippen LogP contribution in [0.25, 0.3) is 0 Å². The van der Waals surface area contributed by atoms with E-state index >= 15 is 0 Å². The highest BCUT2D eigenvalue weighted by Gasteiger charge is 2.31. The second-order valence-corrected chi connectivity index (χ2v) is 6.94. The summed E-state index contributed by atoms with van der Waals surface area (Å²) in [7, 11) is 0. The Morgan fingerprint density at radius 1 is 1.24 bits per heavy atom. The van der Waals surface area contributed by atoms with Gasteiger partial charge in [0.25, 0.3) is 0 Å². The summed E-state index contributed by atoms with van der Waals surface area (Å²) in [5, 5.41) is 12.3. The lowest BCUT2D eigenvalue weighted by atomic mass is 10.2. The van der Waals surface area contributed by atoms with Gasteiger partial charge in [-0.05, 0) is 46.5 Å². The van der Waals surface area contributed by atoms with Crippen molar-refractivity contribution in [3.8, 4) is 0 Å². The number of unbranched alkanes of at least 4 members (excludes halogenated alkanes) is 1. The third-order valence-corrected chi connectivity index (χ3v) is 3.55. The van der Waals surface area contributed by atoms with Gasteiger partial charge in [-0.2, -0.15) is 5.10 Å². The van der Waals surface area contributed by atoms with Crippen molar-refractivity contribution in [3.05, 3.63) is 0 Å². The number of hydrogen-bond acceptors (Lipinski definition) is 6. The van der Waals surface area contributed by atoms with Gasteiger partial charge in [-0.15, -0.1) is 0 Å². The van der Waals surface area contributed by atoms with E-state index in [2.05, 4.69) is 10.5 Å². The number of nitrogens with one attached hydrogen (secondary N) is 2. The van der Waals surface area contributed by atoms with Gasteiger partial charge < -0.3 is 9.64 Å². The van der Waals surface area contributed by atoms with Crippen molar-refractivity contribution >= 4 is 24.1 Å². The Balaban J connectivity index is 2.33. The largest absolute Gasteiger partial charge is 0.444 e. The summed E-state index contributed by atoms with van der Waals surface area (Å²) in [6.45, 7) is 6.05. The minimum atomic E-state index is -0.553. The molecule has 1 fully saturated rings. The number of ether oxygens (including phenoxy) is 1. The summed E-state index contributed by atoms with van der Waals surface area (Å²) >= 11 is 0. The van der Waals surface area contributed by atoms with E-state index in [0.29, 0.717) is 19.4 Å². The first-order valence-corrected chi connectivity index (χ1v) is 8.47. The van der Waals surface area contributed by atoms with Gasteiger partial charge in [0, 0.05) is 25.6 Å². The van der Waals surface area contributed by atoms with Crippen molar-refractivity contribution in [1.29, 1.82) is 0 Å². The number of amides is 3. The zero-order valence-corrected chi connectivity index (χ0v) is 15.1. The minimum Gasteiger partial charge on any atom is -0.444 e. The second kappa shape index (κ2) is 9.97. The fourth-order valence-corrected chi connectivity index (χ4v) is 2.37. The Morgan fingerprint density at radius 2 is 1.88 bits per heavy atom. The first-order chi connectivity index (χ1) is 11.7. The van der Waals surface area contributed by atoms with Gasteiger partial charge in [0.1, 0.15) is 5.60 Å². The molecule has 0 saturated carbocycles. The molecule has 9 nitrogen and oxygen atoms in total. The average molecular weight is 356 g/mol. The van der Waals surface area contributed by atoms with Crippen LogP contribution in [0.2, 0.25) is 0 Å². The minimum absolute atomic E-state index is 0.167. The van der Waals surface area contributed by atoms with Crippen molar-refractivity contribution in [3.63, 3.8) is 0 Å².